The van der Waals surface area contributed by atoms with Crippen molar-refractivity contribution in [1.82, 2.24) is 0 Å². The van der Waals surface area contributed by atoms with E-state index < -0.39 is 17.6 Å². The molecule has 0 bridgehead atoms. The molecule has 3 rings (SSSR count). The molecular formula is C20H12ClF4NO. The zero-order chi connectivity index (χ0) is 19.4. The first kappa shape index (κ1) is 18.9. The summed E-state index contributed by atoms with van der Waals surface area (Å²) in [5, 5.41) is 4.04. The molecule has 0 aliphatic heterocycles. The molecule has 0 radical (unpaired) electrons. The van der Waals surface area contributed by atoms with Crippen LogP contribution in [0.4, 0.5) is 17.6 Å². The summed E-state index contributed by atoms with van der Waals surface area (Å²) in [6, 6.07) is 16.5. The highest BCUT2D eigenvalue weighted by molar-refractivity contribution is 6.31. The van der Waals surface area contributed by atoms with Crippen molar-refractivity contribution < 1.29 is 22.4 Å². The molecule has 3 aromatic rings. The first-order valence-corrected chi connectivity index (χ1v) is 8.15. The van der Waals surface area contributed by atoms with Gasteiger partial charge in [0, 0.05) is 16.1 Å². The minimum atomic E-state index is -4.61. The lowest BCUT2D eigenvalue weighted by Crippen LogP contribution is -2.15. The van der Waals surface area contributed by atoms with Gasteiger partial charge in [-0.15, -0.1) is 0 Å². The van der Waals surface area contributed by atoms with Crippen LogP contribution >= 0.6 is 11.6 Å². The highest BCUT2D eigenvalue weighted by atomic mass is 35.5. The zero-order valence-corrected chi connectivity index (χ0v) is 14.4. The first-order valence-electron chi connectivity index (χ1n) is 7.78. The maximum atomic E-state index is 13.5. The zero-order valence-electron chi connectivity index (χ0n) is 13.7. The second kappa shape index (κ2) is 7.80. The molecule has 7 heteroatoms. The highest BCUT2D eigenvalue weighted by Crippen LogP contribution is 2.34. The second-order valence-electron chi connectivity index (χ2n) is 5.54. The molecule has 2 nitrogen and oxygen atoms in total. The molecule has 0 spiro atoms. The van der Waals surface area contributed by atoms with Gasteiger partial charge < -0.3 is 4.84 Å². The van der Waals surface area contributed by atoms with Crippen LogP contribution in [0.5, 0.6) is 5.75 Å². The summed E-state index contributed by atoms with van der Waals surface area (Å²) in [6.07, 6.45) is -4.61. The van der Waals surface area contributed by atoms with Gasteiger partial charge in [0.1, 0.15) is 11.5 Å². The first-order chi connectivity index (χ1) is 12.8. The maximum Gasteiger partial charge on any atom is 0.417 e. The lowest BCUT2D eigenvalue weighted by atomic mass is 9.97. The van der Waals surface area contributed by atoms with Crippen molar-refractivity contribution in [3.63, 3.8) is 0 Å². The molecule has 0 heterocycles. The fourth-order valence-electron chi connectivity index (χ4n) is 2.41. The van der Waals surface area contributed by atoms with E-state index >= 15 is 0 Å². The predicted molar refractivity (Wildman–Crippen MR) is 95.6 cm³/mol. The lowest BCUT2D eigenvalue weighted by molar-refractivity contribution is -0.137. The molecule has 0 amide bonds. The Morgan fingerprint density at radius 2 is 1.56 bits per heavy atom. The Hall–Kier alpha value is -2.86. The Morgan fingerprint density at radius 1 is 0.889 bits per heavy atom. The average molecular weight is 394 g/mol. The van der Waals surface area contributed by atoms with Gasteiger partial charge in [0.15, 0.2) is 5.75 Å². The normalized spacial score (nSPS) is 12.1. The minimum absolute atomic E-state index is 0.0465. The maximum absolute atomic E-state index is 13.5. The lowest BCUT2D eigenvalue weighted by Gasteiger charge is -2.15. The van der Waals surface area contributed by atoms with Gasteiger partial charge in [-0.3, -0.25) is 0 Å². The van der Waals surface area contributed by atoms with Gasteiger partial charge in [0.2, 0.25) is 0 Å². The molecule has 3 aromatic carbocycles. The number of benzene rings is 3. The number of rotatable bonds is 4. The predicted octanol–water partition coefficient (Wildman–Crippen LogP) is 6.33. The Kier molecular flexibility index (Phi) is 5.46. The van der Waals surface area contributed by atoms with Crippen LogP contribution in [0.2, 0.25) is 5.02 Å². The Labute approximate surface area is 157 Å². The molecule has 0 aliphatic carbocycles. The van der Waals surface area contributed by atoms with Gasteiger partial charge in [0.25, 0.3) is 0 Å². The smallest absolute Gasteiger partial charge is 0.356 e. The quantitative estimate of drug-likeness (QED) is 0.288. The van der Waals surface area contributed by atoms with Gasteiger partial charge in [-0.05, 0) is 42.5 Å². The second-order valence-corrected chi connectivity index (χ2v) is 5.98. The van der Waals surface area contributed by atoms with Crippen LogP contribution < -0.4 is 4.84 Å². The van der Waals surface area contributed by atoms with E-state index in [0.29, 0.717) is 5.56 Å². The van der Waals surface area contributed by atoms with Gasteiger partial charge in [-0.2, -0.15) is 13.2 Å². The summed E-state index contributed by atoms with van der Waals surface area (Å²) in [4.78, 5) is 5.25. The molecule has 0 saturated carbocycles. The third-order valence-electron chi connectivity index (χ3n) is 3.65. The van der Waals surface area contributed by atoms with Crippen LogP contribution in [-0.4, -0.2) is 5.71 Å². The largest absolute Gasteiger partial charge is 0.417 e. The van der Waals surface area contributed by atoms with E-state index in [1.165, 1.54) is 18.2 Å². The number of oxime groups is 1. The van der Waals surface area contributed by atoms with Crippen molar-refractivity contribution in [2.45, 2.75) is 6.18 Å². The molecule has 27 heavy (non-hydrogen) atoms. The van der Waals surface area contributed by atoms with Crippen LogP contribution in [0, 0.1) is 5.82 Å². The molecule has 0 aliphatic rings. The summed E-state index contributed by atoms with van der Waals surface area (Å²) in [5.74, 6) is -0.288. The molecule has 0 saturated heterocycles. The topological polar surface area (TPSA) is 21.6 Å². The SMILES string of the molecule is Fc1ccc(ON=C(c2ccccc2)c2cc(Cl)ccc2C(F)(F)F)cc1. The number of halogens is 5. The van der Waals surface area contributed by atoms with E-state index in [9.17, 15) is 17.6 Å². The average Bonchev–Trinajstić information content (AvgIpc) is 2.63. The third-order valence-corrected chi connectivity index (χ3v) is 3.88. The summed E-state index contributed by atoms with van der Waals surface area (Å²) < 4.78 is 53.5. The number of hydrogen-bond acceptors (Lipinski definition) is 2. The van der Waals surface area contributed by atoms with Gasteiger partial charge >= 0.3 is 6.18 Å². The van der Waals surface area contributed by atoms with Gasteiger partial charge in [-0.1, -0.05) is 47.1 Å². The summed E-state index contributed by atoms with van der Waals surface area (Å²) in [5.41, 5.74) is -0.748. The molecular weight excluding hydrogens is 382 g/mol. The fraction of sp³-hybridized carbons (Fsp3) is 0.0500. The van der Waals surface area contributed by atoms with E-state index in [1.54, 1.807) is 30.3 Å². The van der Waals surface area contributed by atoms with Crippen molar-refractivity contribution in [3.8, 4) is 5.75 Å². The van der Waals surface area contributed by atoms with Crippen molar-refractivity contribution in [2.75, 3.05) is 0 Å². The standard InChI is InChI=1S/C20H12ClF4NO/c21-14-6-11-18(20(23,24)25)17(12-14)19(13-4-2-1-3-5-13)26-27-16-9-7-15(22)8-10-16/h1-12H. The van der Waals surface area contributed by atoms with E-state index in [0.717, 1.165) is 24.3 Å². The summed E-state index contributed by atoms with van der Waals surface area (Å²) in [7, 11) is 0. The van der Waals surface area contributed by atoms with E-state index in [1.807, 2.05) is 0 Å². The summed E-state index contributed by atoms with van der Waals surface area (Å²) >= 11 is 5.93. The number of hydrogen-bond donors (Lipinski definition) is 0. The van der Waals surface area contributed by atoms with Crippen LogP contribution in [0.1, 0.15) is 16.7 Å². The molecule has 0 fully saturated rings. The van der Waals surface area contributed by atoms with Crippen LogP contribution in [0.25, 0.3) is 0 Å². The van der Waals surface area contributed by atoms with Crippen molar-refractivity contribution in [1.29, 1.82) is 0 Å². The fourth-order valence-corrected chi connectivity index (χ4v) is 2.58. The molecule has 0 unspecified atom stereocenters. The van der Waals surface area contributed by atoms with Gasteiger partial charge in [-0.25, -0.2) is 4.39 Å². The van der Waals surface area contributed by atoms with E-state index in [2.05, 4.69) is 5.16 Å². The Balaban J connectivity index is 2.13. The number of nitrogens with zero attached hydrogens (tertiary/aromatic N) is 1. The van der Waals surface area contributed by atoms with Gasteiger partial charge in [0.05, 0.1) is 5.56 Å². The molecule has 0 N–H and O–H groups in total. The van der Waals surface area contributed by atoms with Crippen molar-refractivity contribution >= 4 is 17.3 Å². The monoisotopic (exact) mass is 393 g/mol. The van der Waals surface area contributed by atoms with Crippen LogP contribution in [0.3, 0.4) is 0 Å². The Morgan fingerprint density at radius 3 is 2.19 bits per heavy atom. The number of alkyl halides is 3. The van der Waals surface area contributed by atoms with Crippen molar-refractivity contribution in [2.24, 2.45) is 5.16 Å². The minimum Gasteiger partial charge on any atom is -0.356 e. The third kappa shape index (κ3) is 4.65. The van der Waals surface area contributed by atoms with E-state index in [-0.39, 0.29) is 22.0 Å². The molecule has 0 atom stereocenters. The Bertz CT molecular complexity index is 954. The van der Waals surface area contributed by atoms with Crippen LogP contribution in [0.15, 0.2) is 78.0 Å². The summed E-state index contributed by atoms with van der Waals surface area (Å²) in [6.45, 7) is 0. The van der Waals surface area contributed by atoms with Crippen LogP contribution in [-0.2, 0) is 6.18 Å². The van der Waals surface area contributed by atoms with Crippen molar-refractivity contribution in [3.05, 3.63) is 100 Å². The van der Waals surface area contributed by atoms with E-state index in [4.69, 9.17) is 16.4 Å². The highest BCUT2D eigenvalue weighted by Gasteiger charge is 2.35. The molecule has 0 aromatic heterocycles. The molecule has 138 valence electrons.